The van der Waals surface area contributed by atoms with Crippen LogP contribution < -0.4 is 5.32 Å². The van der Waals surface area contributed by atoms with E-state index in [1.165, 1.54) is 5.56 Å². The summed E-state index contributed by atoms with van der Waals surface area (Å²) in [5.74, 6) is 2.65. The first-order valence-corrected chi connectivity index (χ1v) is 5.40. The summed E-state index contributed by atoms with van der Waals surface area (Å²) in [6, 6.07) is 0. The number of aromatic nitrogens is 2. The number of aromatic amines is 1. The largest absolute Gasteiger partial charge is 0.313 e. The van der Waals surface area contributed by atoms with Crippen LogP contribution in [0.2, 0.25) is 0 Å². The van der Waals surface area contributed by atoms with Crippen LogP contribution in [0.5, 0.6) is 0 Å². The Morgan fingerprint density at radius 1 is 1.40 bits per heavy atom. The van der Waals surface area contributed by atoms with Gasteiger partial charge in [-0.25, -0.2) is 0 Å². The fraction of sp³-hybridized carbons (Fsp3) is 0.583. The fourth-order valence-electron chi connectivity index (χ4n) is 1.52. The van der Waals surface area contributed by atoms with Gasteiger partial charge in [-0.1, -0.05) is 0 Å². The van der Waals surface area contributed by atoms with Gasteiger partial charge in [0.15, 0.2) is 0 Å². The van der Waals surface area contributed by atoms with Gasteiger partial charge in [-0.05, 0) is 33.2 Å². The zero-order chi connectivity index (χ0) is 11.1. The number of H-pyrrole nitrogens is 1. The highest BCUT2D eigenvalue weighted by molar-refractivity contribution is 5.22. The van der Waals surface area contributed by atoms with Crippen molar-refractivity contribution in [2.24, 2.45) is 0 Å². The Hall–Kier alpha value is -1.27. The molecule has 0 spiro atoms. The molecule has 2 N–H and O–H groups in total. The number of terminal acetylenes is 1. The van der Waals surface area contributed by atoms with Gasteiger partial charge in [-0.3, -0.25) is 5.10 Å². The van der Waals surface area contributed by atoms with Gasteiger partial charge in [0.1, 0.15) is 0 Å². The molecule has 1 aromatic rings. The van der Waals surface area contributed by atoms with Crippen molar-refractivity contribution in [2.45, 2.75) is 39.7 Å². The van der Waals surface area contributed by atoms with Gasteiger partial charge in [-0.2, -0.15) is 5.10 Å². The molecule has 0 saturated carbocycles. The molecule has 0 aliphatic heterocycles. The Kier molecular flexibility index (Phi) is 4.92. The Balaban J connectivity index is 2.18. The summed E-state index contributed by atoms with van der Waals surface area (Å²) < 4.78 is 0. The summed E-state index contributed by atoms with van der Waals surface area (Å²) in [6.45, 7) is 5.99. The Bertz CT molecular complexity index is 314. The number of rotatable bonds is 6. The Morgan fingerprint density at radius 3 is 2.80 bits per heavy atom. The number of hydrogen-bond donors (Lipinski definition) is 2. The summed E-state index contributed by atoms with van der Waals surface area (Å²) in [5.41, 5.74) is 3.53. The van der Waals surface area contributed by atoms with Gasteiger partial charge in [0.2, 0.25) is 0 Å². The van der Waals surface area contributed by atoms with Crippen molar-refractivity contribution in [3.63, 3.8) is 0 Å². The molecule has 0 unspecified atom stereocenters. The van der Waals surface area contributed by atoms with E-state index in [1.807, 2.05) is 6.92 Å². The first kappa shape index (κ1) is 11.8. The van der Waals surface area contributed by atoms with E-state index in [1.54, 1.807) is 0 Å². The average molecular weight is 205 g/mol. The predicted molar refractivity (Wildman–Crippen MR) is 62.5 cm³/mol. The van der Waals surface area contributed by atoms with Crippen LogP contribution in [0.3, 0.4) is 0 Å². The van der Waals surface area contributed by atoms with E-state index in [2.05, 4.69) is 28.4 Å². The quantitative estimate of drug-likeness (QED) is 0.550. The standard InChI is InChI=1S/C12H19N3/c1-4-5-6-7-8-13-9-12-10(2)14-15-11(12)3/h1,13H,5-9H2,2-3H3,(H,14,15). The third-order valence-electron chi connectivity index (χ3n) is 2.51. The predicted octanol–water partition coefficient (Wildman–Crippen LogP) is 1.92. The Morgan fingerprint density at radius 2 is 2.20 bits per heavy atom. The highest BCUT2D eigenvalue weighted by atomic mass is 15.1. The topological polar surface area (TPSA) is 40.7 Å². The second-order valence-corrected chi connectivity index (χ2v) is 3.75. The normalized spacial score (nSPS) is 10.2. The smallest absolute Gasteiger partial charge is 0.0638 e. The lowest BCUT2D eigenvalue weighted by molar-refractivity contribution is 0.627. The van der Waals surface area contributed by atoms with Crippen LogP contribution in [0.4, 0.5) is 0 Å². The van der Waals surface area contributed by atoms with E-state index in [-0.39, 0.29) is 0 Å². The average Bonchev–Trinajstić information content (AvgIpc) is 2.54. The number of nitrogens with one attached hydrogen (secondary N) is 2. The molecule has 3 nitrogen and oxygen atoms in total. The van der Waals surface area contributed by atoms with Gasteiger partial charge < -0.3 is 5.32 Å². The Labute approximate surface area is 91.7 Å². The van der Waals surface area contributed by atoms with E-state index in [0.29, 0.717) is 0 Å². The van der Waals surface area contributed by atoms with Crippen LogP contribution in [-0.2, 0) is 6.54 Å². The molecule has 0 bridgehead atoms. The number of unbranched alkanes of at least 4 members (excludes halogenated alkanes) is 2. The minimum atomic E-state index is 0.880. The molecular weight excluding hydrogens is 186 g/mol. The molecule has 0 saturated heterocycles. The molecule has 1 heterocycles. The van der Waals surface area contributed by atoms with E-state index in [0.717, 1.165) is 43.7 Å². The minimum Gasteiger partial charge on any atom is -0.313 e. The molecule has 0 aliphatic rings. The fourth-order valence-corrected chi connectivity index (χ4v) is 1.52. The molecule has 0 amide bonds. The van der Waals surface area contributed by atoms with Gasteiger partial charge in [0, 0.05) is 24.2 Å². The van der Waals surface area contributed by atoms with E-state index < -0.39 is 0 Å². The van der Waals surface area contributed by atoms with Crippen LogP contribution in [0, 0.1) is 26.2 Å². The van der Waals surface area contributed by atoms with Crippen molar-refractivity contribution in [2.75, 3.05) is 6.54 Å². The summed E-state index contributed by atoms with van der Waals surface area (Å²) in [4.78, 5) is 0. The maximum absolute atomic E-state index is 5.18. The van der Waals surface area contributed by atoms with E-state index in [9.17, 15) is 0 Å². The molecular formula is C12H19N3. The van der Waals surface area contributed by atoms with E-state index in [4.69, 9.17) is 6.42 Å². The van der Waals surface area contributed by atoms with Crippen LogP contribution in [0.25, 0.3) is 0 Å². The first-order valence-electron chi connectivity index (χ1n) is 5.40. The molecule has 0 radical (unpaired) electrons. The molecule has 15 heavy (non-hydrogen) atoms. The third kappa shape index (κ3) is 3.77. The summed E-state index contributed by atoms with van der Waals surface area (Å²) in [7, 11) is 0. The molecule has 0 aromatic carbocycles. The number of hydrogen-bond acceptors (Lipinski definition) is 2. The zero-order valence-electron chi connectivity index (χ0n) is 9.56. The van der Waals surface area contributed by atoms with Gasteiger partial charge in [0.25, 0.3) is 0 Å². The van der Waals surface area contributed by atoms with Crippen molar-refractivity contribution in [1.82, 2.24) is 15.5 Å². The summed E-state index contributed by atoms with van der Waals surface area (Å²) in [5, 5.41) is 10.5. The first-order chi connectivity index (χ1) is 7.25. The van der Waals surface area contributed by atoms with Crippen molar-refractivity contribution in [1.29, 1.82) is 0 Å². The van der Waals surface area contributed by atoms with Gasteiger partial charge in [-0.15, -0.1) is 12.3 Å². The van der Waals surface area contributed by atoms with Crippen LogP contribution in [-0.4, -0.2) is 16.7 Å². The lowest BCUT2D eigenvalue weighted by Gasteiger charge is -2.03. The van der Waals surface area contributed by atoms with E-state index >= 15 is 0 Å². The zero-order valence-corrected chi connectivity index (χ0v) is 9.56. The molecule has 82 valence electrons. The van der Waals surface area contributed by atoms with Crippen LogP contribution in [0.15, 0.2) is 0 Å². The number of aryl methyl sites for hydroxylation is 2. The van der Waals surface area contributed by atoms with Crippen LogP contribution in [0.1, 0.15) is 36.2 Å². The molecule has 1 aromatic heterocycles. The third-order valence-corrected chi connectivity index (χ3v) is 2.51. The second-order valence-electron chi connectivity index (χ2n) is 3.75. The summed E-state index contributed by atoms with van der Waals surface area (Å²) in [6.07, 6.45) is 8.30. The van der Waals surface area contributed by atoms with Gasteiger partial charge in [0.05, 0.1) is 5.69 Å². The molecule has 3 heteroatoms. The minimum absolute atomic E-state index is 0.880. The lowest BCUT2D eigenvalue weighted by Crippen LogP contribution is -2.15. The molecule has 1 rings (SSSR count). The summed E-state index contributed by atoms with van der Waals surface area (Å²) >= 11 is 0. The van der Waals surface area contributed by atoms with Crippen LogP contribution >= 0.6 is 0 Å². The molecule has 0 fully saturated rings. The van der Waals surface area contributed by atoms with Crippen molar-refractivity contribution < 1.29 is 0 Å². The molecule has 0 aliphatic carbocycles. The van der Waals surface area contributed by atoms with Gasteiger partial charge >= 0.3 is 0 Å². The SMILES string of the molecule is C#CCCCCNCc1c(C)n[nH]c1C. The maximum Gasteiger partial charge on any atom is 0.0638 e. The second kappa shape index (κ2) is 6.26. The van der Waals surface area contributed by atoms with Crippen molar-refractivity contribution in [3.05, 3.63) is 17.0 Å². The molecule has 0 atom stereocenters. The van der Waals surface area contributed by atoms with Crippen molar-refractivity contribution >= 4 is 0 Å². The maximum atomic E-state index is 5.18. The lowest BCUT2D eigenvalue weighted by atomic mass is 10.2. The monoisotopic (exact) mass is 205 g/mol. The highest BCUT2D eigenvalue weighted by Crippen LogP contribution is 2.08. The highest BCUT2D eigenvalue weighted by Gasteiger charge is 2.04. The number of nitrogens with zero attached hydrogens (tertiary/aromatic N) is 1. The van der Waals surface area contributed by atoms with Crippen molar-refractivity contribution in [3.8, 4) is 12.3 Å².